The largest absolute Gasteiger partial charge is 0.505 e. The van der Waals surface area contributed by atoms with Gasteiger partial charge in [0, 0.05) is 11.6 Å². The number of halogens is 3. The smallest absolute Gasteiger partial charge is 0.203 e. The van der Waals surface area contributed by atoms with Gasteiger partial charge >= 0.3 is 0 Å². The molecule has 0 aliphatic rings. The first-order chi connectivity index (χ1) is 5.95. The summed E-state index contributed by atoms with van der Waals surface area (Å²) in [5, 5.41) is 9.01. The van der Waals surface area contributed by atoms with Crippen molar-refractivity contribution in [3.63, 3.8) is 0 Å². The molecule has 1 rings (SSSR count). The van der Waals surface area contributed by atoms with Gasteiger partial charge in [0.25, 0.3) is 0 Å². The number of aromatic hydroxyl groups is 1. The third kappa shape index (κ3) is 1.60. The Bertz CT molecular complexity index is 339. The zero-order valence-corrected chi connectivity index (χ0v) is 6.81. The average molecular weight is 191 g/mol. The molecule has 13 heavy (non-hydrogen) atoms. The minimum absolute atomic E-state index is 0.156. The fraction of sp³-hybridized carbons (Fsp3) is 0.250. The Hall–Kier alpha value is -1.23. The van der Waals surface area contributed by atoms with Crippen LogP contribution in [-0.2, 0) is 0 Å². The van der Waals surface area contributed by atoms with Gasteiger partial charge < -0.3 is 10.8 Å². The molecule has 0 saturated carbocycles. The summed E-state index contributed by atoms with van der Waals surface area (Å²) >= 11 is 0. The lowest BCUT2D eigenvalue weighted by Gasteiger charge is -2.09. The Kier molecular flexibility index (Phi) is 2.47. The topological polar surface area (TPSA) is 46.2 Å². The minimum atomic E-state index is -1.69. The van der Waals surface area contributed by atoms with Gasteiger partial charge in [0.05, 0.1) is 0 Å². The van der Waals surface area contributed by atoms with Crippen molar-refractivity contribution >= 4 is 0 Å². The van der Waals surface area contributed by atoms with Crippen molar-refractivity contribution in [1.82, 2.24) is 0 Å². The van der Waals surface area contributed by atoms with Crippen molar-refractivity contribution in [1.29, 1.82) is 0 Å². The van der Waals surface area contributed by atoms with E-state index in [2.05, 4.69) is 0 Å². The second-order valence-corrected chi connectivity index (χ2v) is 2.71. The van der Waals surface area contributed by atoms with Crippen LogP contribution in [0, 0.1) is 17.5 Å². The molecule has 1 aromatic carbocycles. The second kappa shape index (κ2) is 3.26. The van der Waals surface area contributed by atoms with Gasteiger partial charge in [-0.1, -0.05) is 0 Å². The molecule has 72 valence electrons. The number of hydrogen-bond acceptors (Lipinski definition) is 2. The van der Waals surface area contributed by atoms with Crippen LogP contribution < -0.4 is 5.73 Å². The number of rotatable bonds is 1. The molecular formula is C8H8F3NO. The molecule has 0 radical (unpaired) electrons. The number of hydrogen-bond donors (Lipinski definition) is 2. The van der Waals surface area contributed by atoms with Crippen LogP contribution in [0.4, 0.5) is 13.2 Å². The van der Waals surface area contributed by atoms with Crippen LogP contribution in [0.3, 0.4) is 0 Å². The minimum Gasteiger partial charge on any atom is -0.505 e. The first-order valence-electron chi connectivity index (χ1n) is 3.57. The summed E-state index contributed by atoms with van der Waals surface area (Å²) in [5.74, 6) is -5.59. The predicted octanol–water partition coefficient (Wildman–Crippen LogP) is 1.83. The van der Waals surface area contributed by atoms with E-state index in [1.54, 1.807) is 0 Å². The van der Waals surface area contributed by atoms with E-state index in [-0.39, 0.29) is 5.56 Å². The van der Waals surface area contributed by atoms with Gasteiger partial charge in [0.15, 0.2) is 17.4 Å². The van der Waals surface area contributed by atoms with Crippen LogP contribution in [0.2, 0.25) is 0 Å². The molecule has 5 heteroatoms. The number of phenolic OH excluding ortho intramolecular Hbond substituents is 1. The molecule has 0 fully saturated rings. The highest BCUT2D eigenvalue weighted by molar-refractivity contribution is 5.37. The Morgan fingerprint density at radius 1 is 1.31 bits per heavy atom. The Labute approximate surface area is 72.8 Å². The van der Waals surface area contributed by atoms with Crippen molar-refractivity contribution in [2.24, 2.45) is 5.73 Å². The van der Waals surface area contributed by atoms with E-state index in [1.165, 1.54) is 6.92 Å². The summed E-state index contributed by atoms with van der Waals surface area (Å²) in [6.07, 6.45) is 0. The predicted molar refractivity (Wildman–Crippen MR) is 40.6 cm³/mol. The zero-order chi connectivity index (χ0) is 10.2. The quantitative estimate of drug-likeness (QED) is 0.665. The highest BCUT2D eigenvalue weighted by atomic mass is 19.2. The molecule has 1 atom stereocenters. The van der Waals surface area contributed by atoms with Gasteiger partial charge in [-0.05, 0) is 13.0 Å². The van der Waals surface area contributed by atoms with Crippen LogP contribution in [0.25, 0.3) is 0 Å². The number of phenols is 1. The van der Waals surface area contributed by atoms with Crippen LogP contribution in [0.5, 0.6) is 5.75 Å². The molecule has 0 saturated heterocycles. The fourth-order valence-corrected chi connectivity index (χ4v) is 0.951. The molecule has 0 bridgehead atoms. The van der Waals surface area contributed by atoms with Gasteiger partial charge in [-0.2, -0.15) is 4.39 Å². The third-order valence-corrected chi connectivity index (χ3v) is 1.66. The van der Waals surface area contributed by atoms with Crippen molar-refractivity contribution in [3.8, 4) is 5.75 Å². The first-order valence-corrected chi connectivity index (χ1v) is 3.57. The Morgan fingerprint density at radius 2 is 1.85 bits per heavy atom. The van der Waals surface area contributed by atoms with Gasteiger partial charge in [0.2, 0.25) is 5.82 Å². The molecule has 0 amide bonds. The van der Waals surface area contributed by atoms with Crippen molar-refractivity contribution in [2.75, 3.05) is 0 Å². The van der Waals surface area contributed by atoms with Crippen molar-refractivity contribution < 1.29 is 18.3 Å². The Morgan fingerprint density at radius 3 is 2.31 bits per heavy atom. The summed E-state index contributed by atoms with van der Waals surface area (Å²) in [7, 11) is 0. The van der Waals surface area contributed by atoms with E-state index >= 15 is 0 Å². The van der Waals surface area contributed by atoms with E-state index in [4.69, 9.17) is 10.8 Å². The molecule has 0 heterocycles. The summed E-state index contributed by atoms with van der Waals surface area (Å²) in [5.41, 5.74) is 5.13. The SMILES string of the molecule is C[C@H](N)c1cc(F)c(F)c(F)c1O. The average Bonchev–Trinajstić information content (AvgIpc) is 2.07. The zero-order valence-electron chi connectivity index (χ0n) is 6.81. The molecule has 3 N–H and O–H groups in total. The summed E-state index contributed by atoms with van der Waals surface area (Å²) in [4.78, 5) is 0. The van der Waals surface area contributed by atoms with Crippen LogP contribution >= 0.6 is 0 Å². The fourth-order valence-electron chi connectivity index (χ4n) is 0.951. The van der Waals surface area contributed by atoms with Crippen LogP contribution in [-0.4, -0.2) is 5.11 Å². The summed E-state index contributed by atoms with van der Waals surface area (Å²) < 4.78 is 37.8. The maximum Gasteiger partial charge on any atom is 0.203 e. The molecule has 0 unspecified atom stereocenters. The van der Waals surface area contributed by atoms with E-state index in [0.717, 1.165) is 0 Å². The Balaban J connectivity index is 3.41. The molecule has 0 aliphatic heterocycles. The van der Waals surface area contributed by atoms with E-state index in [1.807, 2.05) is 0 Å². The molecule has 1 aromatic rings. The lowest BCUT2D eigenvalue weighted by Crippen LogP contribution is -2.08. The number of benzene rings is 1. The lowest BCUT2D eigenvalue weighted by molar-refractivity contribution is 0.379. The van der Waals surface area contributed by atoms with Crippen LogP contribution in [0.1, 0.15) is 18.5 Å². The molecule has 2 nitrogen and oxygen atoms in total. The normalized spacial score (nSPS) is 13.0. The third-order valence-electron chi connectivity index (χ3n) is 1.66. The lowest BCUT2D eigenvalue weighted by atomic mass is 10.1. The van der Waals surface area contributed by atoms with Crippen molar-refractivity contribution in [2.45, 2.75) is 13.0 Å². The maximum atomic E-state index is 12.7. The molecule has 0 spiro atoms. The molecule has 0 aromatic heterocycles. The second-order valence-electron chi connectivity index (χ2n) is 2.71. The summed E-state index contributed by atoms with van der Waals surface area (Å²) in [6.45, 7) is 1.42. The van der Waals surface area contributed by atoms with Gasteiger partial charge in [-0.3, -0.25) is 0 Å². The molecule has 0 aliphatic carbocycles. The summed E-state index contributed by atoms with van der Waals surface area (Å²) in [6, 6.07) is -0.0806. The first kappa shape index (κ1) is 9.85. The maximum absolute atomic E-state index is 12.7. The monoisotopic (exact) mass is 191 g/mol. The van der Waals surface area contributed by atoms with Gasteiger partial charge in [-0.15, -0.1) is 0 Å². The highest BCUT2D eigenvalue weighted by Crippen LogP contribution is 2.29. The standard InChI is InChI=1S/C8H8F3NO/c1-3(12)4-2-5(9)6(10)7(11)8(4)13/h2-3,13H,12H2,1H3/t3-/m0/s1. The highest BCUT2D eigenvalue weighted by Gasteiger charge is 2.19. The van der Waals surface area contributed by atoms with E-state index in [0.29, 0.717) is 6.07 Å². The van der Waals surface area contributed by atoms with E-state index < -0.39 is 29.2 Å². The van der Waals surface area contributed by atoms with Gasteiger partial charge in [0.1, 0.15) is 0 Å². The van der Waals surface area contributed by atoms with Gasteiger partial charge in [-0.25, -0.2) is 8.78 Å². The number of nitrogens with two attached hydrogens (primary N) is 1. The van der Waals surface area contributed by atoms with Crippen molar-refractivity contribution in [3.05, 3.63) is 29.1 Å². The molecular weight excluding hydrogens is 183 g/mol. The van der Waals surface area contributed by atoms with Crippen LogP contribution in [0.15, 0.2) is 6.07 Å². The van der Waals surface area contributed by atoms with E-state index in [9.17, 15) is 13.2 Å².